The molecule has 0 aliphatic carbocycles. The highest BCUT2D eigenvalue weighted by Crippen LogP contribution is 2.67. The van der Waals surface area contributed by atoms with E-state index in [9.17, 15) is 67.0 Å². The van der Waals surface area contributed by atoms with Gasteiger partial charge in [0.25, 0.3) is 0 Å². The molecule has 1 saturated heterocycles. The molecule has 0 radical (unpaired) electrons. The lowest BCUT2D eigenvalue weighted by atomic mass is 10.0. The molecular formula is C48H89N10O22P3. The lowest BCUT2D eigenvalue weighted by molar-refractivity contribution is -0.132. The summed E-state index contributed by atoms with van der Waals surface area (Å²) < 4.78 is 77.3. The van der Waals surface area contributed by atoms with Crippen LogP contribution in [-0.2, 0) is 64.7 Å². The minimum absolute atomic E-state index is 0.0718. The number of carbonyl (C=O) groups is 6. The van der Waals surface area contributed by atoms with Gasteiger partial charge in [-0.1, -0.05) is 12.8 Å². The van der Waals surface area contributed by atoms with E-state index in [4.69, 9.17) is 34.9 Å². The van der Waals surface area contributed by atoms with Crippen molar-refractivity contribution in [2.45, 2.75) is 206 Å². The van der Waals surface area contributed by atoms with E-state index in [1.807, 2.05) is 0 Å². The summed E-state index contributed by atoms with van der Waals surface area (Å²) in [6, 6.07) is -2.03. The number of amides is 6. The monoisotopic (exact) mass is 1250 g/mol. The van der Waals surface area contributed by atoms with Crippen LogP contribution >= 0.6 is 23.5 Å². The molecule has 1 aromatic heterocycles. The fourth-order valence-electron chi connectivity index (χ4n) is 7.44. The lowest BCUT2D eigenvalue weighted by Crippen LogP contribution is -2.55. The molecule has 2 rings (SSSR count). The normalized spacial score (nSPS) is 18.8. The largest absolute Gasteiger partial charge is 0.490 e. The van der Waals surface area contributed by atoms with Gasteiger partial charge in [0.15, 0.2) is 0 Å². The Balaban J connectivity index is 1.99. The molecule has 14 N–H and O–H groups in total. The Morgan fingerprint density at radius 2 is 1.07 bits per heavy atom. The number of hydrogen-bond acceptors (Lipinski definition) is 22. The lowest BCUT2D eigenvalue weighted by Gasteiger charge is -2.25. The van der Waals surface area contributed by atoms with Crippen LogP contribution in [0.4, 0.5) is 20.2 Å². The van der Waals surface area contributed by atoms with Crippen molar-refractivity contribution in [2.75, 3.05) is 45.1 Å². The molecule has 83 heavy (non-hydrogen) atoms. The van der Waals surface area contributed by atoms with Gasteiger partial charge in [-0.3, -0.25) is 28.0 Å². The number of rotatable bonds is 36. The van der Waals surface area contributed by atoms with Gasteiger partial charge in [-0.25, -0.2) is 32.9 Å². The summed E-state index contributed by atoms with van der Waals surface area (Å²) in [5.74, 6) is -1.96. The SMILES string of the molecule is CC(C)(C)OC(=O)NCCCCC(N)C(=O)NC(CCCCNC(=O)OC(C)(C)C)C(=O)NC(CCCCNC(=O)OC(C)(C)C)C(=O)NCCCCCCOP(=O)(O)OP(=O)(O)OP(=O)(O)OC[C@H]1O[C@@H](n2ccc(N)nc2=O)C[C@H]1O. The number of unbranched alkanes of at least 4 members (excludes halogenated alkanes) is 6. The summed E-state index contributed by atoms with van der Waals surface area (Å²) in [5, 5.41) is 26.5. The van der Waals surface area contributed by atoms with Gasteiger partial charge < -0.3 is 82.1 Å². The van der Waals surface area contributed by atoms with Crippen LogP contribution in [-0.4, -0.2) is 152 Å². The maximum absolute atomic E-state index is 14.0. The first-order valence-corrected chi connectivity index (χ1v) is 31.8. The maximum atomic E-state index is 14.0. The number of nitrogen functional groups attached to an aromatic ring is 1. The number of aliphatic hydroxyl groups is 1. The Bertz CT molecular complexity index is 2460. The summed E-state index contributed by atoms with van der Waals surface area (Å²) in [4.78, 5) is 123. The van der Waals surface area contributed by atoms with Gasteiger partial charge in [0, 0.05) is 38.8 Å². The number of aromatic nitrogens is 2. The highest BCUT2D eigenvalue weighted by Gasteiger charge is 2.44. The minimum Gasteiger partial charge on any atom is -0.444 e. The third-order valence-corrected chi connectivity index (χ3v) is 15.5. The number of nitrogens with zero attached hydrogens (tertiary/aromatic N) is 2. The molecule has 1 aromatic rings. The van der Waals surface area contributed by atoms with E-state index < -0.39 is 132 Å². The Morgan fingerprint density at radius 3 is 1.57 bits per heavy atom. The summed E-state index contributed by atoms with van der Waals surface area (Å²) in [7, 11) is -16.8. The van der Waals surface area contributed by atoms with Crippen LogP contribution in [0.3, 0.4) is 0 Å². The Kier molecular flexibility index (Phi) is 31.3. The summed E-state index contributed by atoms with van der Waals surface area (Å²) >= 11 is 0. The maximum Gasteiger partial charge on any atom is 0.490 e. The average molecular weight is 1250 g/mol. The molecule has 2 heterocycles. The van der Waals surface area contributed by atoms with Gasteiger partial charge in [0.05, 0.1) is 25.4 Å². The number of nitrogens with two attached hydrogens (primary N) is 2. The number of alkyl carbamates (subject to hydrolysis) is 3. The van der Waals surface area contributed by atoms with E-state index in [0.29, 0.717) is 57.8 Å². The van der Waals surface area contributed by atoms with Crippen LogP contribution in [0.5, 0.6) is 0 Å². The van der Waals surface area contributed by atoms with Crippen molar-refractivity contribution < 1.29 is 98.9 Å². The van der Waals surface area contributed by atoms with E-state index in [-0.39, 0.29) is 64.1 Å². The van der Waals surface area contributed by atoms with Gasteiger partial charge in [-0.05, 0) is 139 Å². The van der Waals surface area contributed by atoms with Crippen molar-refractivity contribution in [2.24, 2.45) is 5.73 Å². The Hall–Kier alpha value is -4.81. The van der Waals surface area contributed by atoms with Crippen molar-refractivity contribution >= 4 is 65.3 Å². The molecule has 0 aromatic carbocycles. The first-order valence-electron chi connectivity index (χ1n) is 27.3. The smallest absolute Gasteiger partial charge is 0.444 e. The first-order chi connectivity index (χ1) is 38.3. The highest BCUT2D eigenvalue weighted by molar-refractivity contribution is 7.66. The zero-order valence-electron chi connectivity index (χ0n) is 48.8. The van der Waals surface area contributed by atoms with Gasteiger partial charge in [0.1, 0.15) is 47.0 Å². The molecule has 6 amide bonds. The van der Waals surface area contributed by atoms with Gasteiger partial charge in [-0.2, -0.15) is 13.6 Å². The van der Waals surface area contributed by atoms with Crippen molar-refractivity contribution in [1.82, 2.24) is 41.5 Å². The average Bonchev–Trinajstić information content (AvgIpc) is 4.02. The van der Waals surface area contributed by atoms with Crippen molar-refractivity contribution in [3.63, 3.8) is 0 Å². The zero-order valence-corrected chi connectivity index (χ0v) is 51.5. The number of nitrogens with one attached hydrogen (secondary N) is 6. The fraction of sp³-hybridized carbons (Fsp3) is 0.792. The molecule has 0 spiro atoms. The molecule has 1 aliphatic heterocycles. The van der Waals surface area contributed by atoms with E-state index in [1.165, 1.54) is 12.3 Å². The first kappa shape index (κ1) is 74.3. The number of hydrogen-bond donors (Lipinski definition) is 12. The summed E-state index contributed by atoms with van der Waals surface area (Å²) in [6.45, 7) is 14.8. The molecule has 32 nitrogen and oxygen atoms in total. The van der Waals surface area contributed by atoms with E-state index in [0.717, 1.165) is 4.57 Å². The summed E-state index contributed by atoms with van der Waals surface area (Å²) in [5.41, 5.74) is 8.78. The molecule has 0 bridgehead atoms. The molecule has 35 heteroatoms. The van der Waals surface area contributed by atoms with Gasteiger partial charge in [0.2, 0.25) is 17.7 Å². The standard InChI is InChI=1S/C48H89N10O22P3/c1-46(2,3)76-43(64)52-25-16-12-20-32(49)39(60)55-34(22-14-18-27-54-45(66)78-48(7,8)9)41(62)56-33(21-13-17-26-53-44(65)77-47(4,5)6)40(61)51-24-15-10-11-19-29-73-81(67,68)79-83(71,72)80-82(69,70)74-31-36-35(59)30-38(75-36)58-28-23-37(50)57-42(58)63/h23,28,32-36,38,59H,10-22,24-27,29-31,49H2,1-9H3,(H,51,61)(H,52,64)(H,53,65)(H,54,66)(H,55,60)(H,56,62)(H,67,68)(H,69,70)(H,71,72)(H2,50,57,63)/t32?,33?,34?,35-,36-,38-/m1/s1. The number of anilines is 1. The van der Waals surface area contributed by atoms with Crippen LogP contribution in [0, 0.1) is 0 Å². The summed E-state index contributed by atoms with van der Waals surface area (Å²) in [6.07, 6.45) is -0.602. The third-order valence-electron chi connectivity index (χ3n) is 11.2. The second-order valence-corrected chi connectivity index (χ2v) is 27.0. The van der Waals surface area contributed by atoms with Crippen molar-refractivity contribution in [3.05, 3.63) is 22.7 Å². The number of phosphoric ester groups is 2. The van der Waals surface area contributed by atoms with E-state index >= 15 is 0 Å². The molecule has 478 valence electrons. The predicted molar refractivity (Wildman–Crippen MR) is 299 cm³/mol. The van der Waals surface area contributed by atoms with E-state index in [2.05, 4.69) is 50.0 Å². The van der Waals surface area contributed by atoms with Gasteiger partial charge in [-0.15, -0.1) is 0 Å². The predicted octanol–water partition coefficient (Wildman–Crippen LogP) is 3.90. The minimum atomic E-state index is -5.83. The molecule has 1 aliphatic rings. The highest BCUT2D eigenvalue weighted by atomic mass is 31.3. The fourth-order valence-corrected chi connectivity index (χ4v) is 11.0. The van der Waals surface area contributed by atoms with Crippen LogP contribution in [0.25, 0.3) is 0 Å². The second kappa shape index (κ2) is 35.0. The van der Waals surface area contributed by atoms with Crippen LogP contribution in [0.1, 0.15) is 158 Å². The quantitative estimate of drug-likeness (QED) is 0.0257. The number of phosphoric acid groups is 3. The third kappa shape index (κ3) is 34.1. The second-order valence-electron chi connectivity index (χ2n) is 22.4. The zero-order chi connectivity index (χ0) is 62.8. The molecule has 9 atom stereocenters. The van der Waals surface area contributed by atoms with Crippen molar-refractivity contribution in [1.29, 1.82) is 0 Å². The number of ether oxygens (including phenoxy) is 4. The van der Waals surface area contributed by atoms with Crippen molar-refractivity contribution in [3.8, 4) is 0 Å². The topological polar surface area (TPSA) is 468 Å². The molecule has 6 unspecified atom stereocenters. The molecule has 1 fully saturated rings. The Labute approximate surface area is 483 Å². The molecule has 0 saturated carbocycles. The van der Waals surface area contributed by atoms with Crippen LogP contribution in [0.15, 0.2) is 17.1 Å². The number of carbonyl (C=O) groups excluding carboxylic acids is 6. The van der Waals surface area contributed by atoms with Crippen LogP contribution < -0.4 is 49.1 Å². The number of aliphatic hydroxyl groups excluding tert-OH is 1. The van der Waals surface area contributed by atoms with E-state index in [1.54, 1.807) is 62.3 Å². The molecular weight excluding hydrogens is 1160 g/mol. The van der Waals surface area contributed by atoms with Gasteiger partial charge >= 0.3 is 47.4 Å². The Morgan fingerprint density at radius 1 is 0.639 bits per heavy atom. The van der Waals surface area contributed by atoms with Crippen LogP contribution in [0.2, 0.25) is 0 Å².